The fourth-order valence-electron chi connectivity index (χ4n) is 8.79. The molecule has 63 heavy (non-hydrogen) atoms. The van der Waals surface area contributed by atoms with E-state index in [9.17, 15) is 0 Å². The van der Waals surface area contributed by atoms with E-state index < -0.39 is 6.04 Å². The van der Waals surface area contributed by atoms with Gasteiger partial charge in [0.25, 0.3) is 6.33 Å². The molecule has 0 saturated heterocycles. The van der Waals surface area contributed by atoms with Crippen molar-refractivity contribution in [3.63, 3.8) is 0 Å². The molecule has 4 heterocycles. The predicted molar refractivity (Wildman–Crippen MR) is 255 cm³/mol. The summed E-state index contributed by atoms with van der Waals surface area (Å²) in [6.07, 6.45) is 5.56. The van der Waals surface area contributed by atoms with Gasteiger partial charge in [-0.2, -0.15) is 4.40 Å². The first-order valence-electron chi connectivity index (χ1n) is 23.5. The zero-order valence-corrected chi connectivity index (χ0v) is 35.3. The van der Waals surface area contributed by atoms with Crippen LogP contribution in [0.25, 0.3) is 89.2 Å². The second kappa shape index (κ2) is 15.2. The summed E-state index contributed by atoms with van der Waals surface area (Å²) in [6, 6.07) is 49.9. The summed E-state index contributed by atoms with van der Waals surface area (Å²) in [4.78, 5) is 4.86. The monoisotopic (exact) mass is 822 g/mol. The van der Waals surface area contributed by atoms with Crippen molar-refractivity contribution < 1.29 is 20.6 Å². The van der Waals surface area contributed by atoms with E-state index in [-0.39, 0.29) is 35.3 Å². The van der Waals surface area contributed by atoms with Crippen LogP contribution in [0.5, 0.6) is 11.5 Å². The summed E-state index contributed by atoms with van der Waals surface area (Å²) in [7, 11) is 0. The molecule has 0 saturated carbocycles. The summed E-state index contributed by atoms with van der Waals surface area (Å²) < 4.78 is 61.6. The van der Waals surface area contributed by atoms with Crippen LogP contribution in [0.2, 0.25) is 0 Å². The Morgan fingerprint density at radius 1 is 0.619 bits per heavy atom. The minimum atomic E-state index is -0.428. The van der Waals surface area contributed by atoms with Crippen molar-refractivity contribution in [2.75, 3.05) is 0 Å². The Morgan fingerprint density at radius 2 is 1.27 bits per heavy atom. The number of nitrogens with zero attached hydrogens (tertiary/aromatic N) is 4. The van der Waals surface area contributed by atoms with Crippen LogP contribution in [-0.4, -0.2) is 14.0 Å². The van der Waals surface area contributed by atoms with Crippen molar-refractivity contribution in [2.24, 2.45) is 0 Å². The number of imidazole rings is 1. The number of aryl methyl sites for hydroxylation is 1. The molecule has 0 atom stereocenters. The number of fused-ring (bicyclic) bond motifs is 4. The summed E-state index contributed by atoms with van der Waals surface area (Å²) >= 11 is 0. The Morgan fingerprint density at radius 3 is 1.98 bits per heavy atom. The third-order valence-electron chi connectivity index (χ3n) is 11.7. The molecule has 11 rings (SSSR count). The number of aromatic nitrogens is 4. The quantitative estimate of drug-likeness (QED) is 0.143. The number of benzene rings is 7. The molecule has 0 N–H and O–H groups in total. The molecular weight excluding hydrogens is 773 g/mol. The van der Waals surface area contributed by atoms with E-state index in [1.54, 1.807) is 6.20 Å². The van der Waals surface area contributed by atoms with Crippen molar-refractivity contribution in [3.05, 3.63) is 206 Å². The van der Waals surface area contributed by atoms with Gasteiger partial charge in [0.1, 0.15) is 29.1 Å². The first-order valence-corrected chi connectivity index (χ1v) is 21.0. The van der Waals surface area contributed by atoms with Crippen LogP contribution in [-0.2, 0) is 5.54 Å². The van der Waals surface area contributed by atoms with E-state index in [1.165, 1.54) is 0 Å². The van der Waals surface area contributed by atoms with Crippen LogP contribution in [0.4, 0.5) is 0 Å². The van der Waals surface area contributed by atoms with Crippen LogP contribution >= 0.6 is 0 Å². The molecule has 7 aromatic carbocycles. The largest absolute Gasteiger partial charge is 0.457 e. The fraction of sp³-hybridized carbons (Fsp3) is 0.0877. The minimum Gasteiger partial charge on any atom is -0.457 e. The van der Waals surface area contributed by atoms with Crippen molar-refractivity contribution in [1.29, 1.82) is 0 Å². The zero-order chi connectivity index (χ0) is 47.0. The van der Waals surface area contributed by atoms with E-state index in [1.807, 2.05) is 79.9 Å². The highest BCUT2D eigenvalue weighted by atomic mass is 16.5. The van der Waals surface area contributed by atoms with Gasteiger partial charge in [0.2, 0.25) is 5.69 Å². The van der Waals surface area contributed by atoms with Crippen LogP contribution < -0.4 is 9.30 Å². The maximum atomic E-state index is 8.59. The van der Waals surface area contributed by atoms with Gasteiger partial charge in [-0.25, -0.2) is 9.55 Å². The Kier molecular flexibility index (Phi) is 7.90. The molecular formula is C57H45N4O2+. The van der Waals surface area contributed by atoms with Gasteiger partial charge in [0, 0.05) is 39.7 Å². The van der Waals surface area contributed by atoms with Crippen molar-refractivity contribution in [3.8, 4) is 73.2 Å². The van der Waals surface area contributed by atoms with Gasteiger partial charge in [0.15, 0.2) is 5.69 Å². The minimum absolute atomic E-state index is 0.125. The molecule has 0 radical (unpaired) electrons. The second-order valence-corrected chi connectivity index (χ2v) is 16.8. The molecule has 0 bridgehead atoms. The molecule has 0 aliphatic carbocycles. The Bertz CT molecular complexity index is 3690. The van der Waals surface area contributed by atoms with Crippen molar-refractivity contribution in [2.45, 2.75) is 33.2 Å². The lowest BCUT2D eigenvalue weighted by molar-refractivity contribution is -0.743. The molecule has 6 nitrogen and oxygen atoms in total. The van der Waals surface area contributed by atoms with E-state index in [4.69, 9.17) is 21.0 Å². The highest BCUT2D eigenvalue weighted by Crippen LogP contribution is 2.43. The summed E-state index contributed by atoms with van der Waals surface area (Å²) in [5, 5.41) is 2.05. The third kappa shape index (κ3) is 6.68. The van der Waals surface area contributed by atoms with Crippen LogP contribution in [0.1, 0.15) is 33.2 Å². The number of ether oxygens (including phenoxy) is 1. The highest BCUT2D eigenvalue weighted by Gasteiger charge is 2.35. The number of pyridine rings is 1. The van der Waals surface area contributed by atoms with Gasteiger partial charge in [-0.3, -0.25) is 4.57 Å². The van der Waals surface area contributed by atoms with Gasteiger partial charge in [-0.05, 0) is 97.5 Å². The third-order valence-corrected chi connectivity index (χ3v) is 11.7. The fourth-order valence-corrected chi connectivity index (χ4v) is 8.79. The molecule has 4 aromatic heterocycles. The van der Waals surface area contributed by atoms with Gasteiger partial charge < -0.3 is 9.15 Å². The van der Waals surface area contributed by atoms with Gasteiger partial charge >= 0.3 is 5.71 Å². The number of hydrogen-bond acceptors (Lipinski definition) is 3. The van der Waals surface area contributed by atoms with E-state index in [0.717, 1.165) is 77.9 Å². The van der Waals surface area contributed by atoms with Gasteiger partial charge in [-0.1, -0.05) is 139 Å². The second-order valence-electron chi connectivity index (χ2n) is 16.8. The van der Waals surface area contributed by atoms with Gasteiger partial charge in [0.05, 0.1) is 17.9 Å². The molecule has 11 aromatic rings. The summed E-state index contributed by atoms with van der Waals surface area (Å²) in [5.74, 6) is 1.89. The molecule has 304 valence electrons. The standard InChI is InChI=1S/C57H45N4O2/c1-38-32-53(58-35-49(38)41-22-12-7-13-23-41)61-50-29-15-14-26-47(50)48-31-30-44(34-51(48)61)63-43-25-16-24-42(33-43)52-36-62-56-55(60(37-59(52)56)57(2,3)4)54-45(39-18-8-5-9-19-39)27-17-28-46(54)40-20-10-6-11-21-40/h5-37H,1-4H3/q+1/i7D,12D,13D,22D,23D. The Balaban J connectivity index is 0.998. The first kappa shape index (κ1) is 32.8. The number of hydrogen-bond donors (Lipinski definition) is 0. The number of oxazole rings is 1. The molecule has 0 fully saturated rings. The highest BCUT2D eigenvalue weighted by molar-refractivity contribution is 6.09. The molecule has 6 heteroatoms. The molecule has 0 unspecified atom stereocenters. The normalized spacial score (nSPS) is 12.9. The smallest absolute Gasteiger partial charge is 0.343 e. The van der Waals surface area contributed by atoms with E-state index in [2.05, 4.69) is 126 Å². The average molecular weight is 823 g/mol. The molecule has 0 aliphatic heterocycles. The zero-order valence-electron chi connectivity index (χ0n) is 40.3. The van der Waals surface area contributed by atoms with Crippen molar-refractivity contribution >= 4 is 27.5 Å². The first-order chi connectivity index (χ1) is 32.9. The molecule has 0 aliphatic rings. The topological polar surface area (TPSA) is 48.5 Å². The SMILES string of the molecule is [2H]c1c([2H])c([2H])c(-c2cnc(-n3c4ccccc4c4ccc(Oc5cccc(-c6coc7c(-c8c(-c9ccccc9)cccc8-c8ccccc8)[n+](C(C)(C)C)cn67)c5)cc43)cc2C)c([2H])c1[2H]. The Hall–Kier alpha value is -7.96. The van der Waals surface area contributed by atoms with Crippen LogP contribution in [0.15, 0.2) is 205 Å². The van der Waals surface area contributed by atoms with E-state index >= 15 is 0 Å². The van der Waals surface area contributed by atoms with Gasteiger partial charge in [-0.15, -0.1) is 0 Å². The number of para-hydroxylation sites is 1. The van der Waals surface area contributed by atoms with Crippen LogP contribution in [0.3, 0.4) is 0 Å². The average Bonchev–Trinajstić information content (AvgIpc) is 4.04. The lowest BCUT2D eigenvalue weighted by Crippen LogP contribution is -2.50. The molecule has 0 spiro atoms. The van der Waals surface area contributed by atoms with Crippen LogP contribution in [0, 0.1) is 6.92 Å². The maximum absolute atomic E-state index is 8.59. The lowest BCUT2D eigenvalue weighted by atomic mass is 9.89. The Labute approximate surface area is 373 Å². The lowest BCUT2D eigenvalue weighted by Gasteiger charge is -2.20. The summed E-state index contributed by atoms with van der Waals surface area (Å²) in [6.45, 7) is 8.51. The summed E-state index contributed by atoms with van der Waals surface area (Å²) in [5.41, 5.74) is 11.8. The number of rotatable bonds is 8. The maximum Gasteiger partial charge on any atom is 0.343 e. The van der Waals surface area contributed by atoms with E-state index in [0.29, 0.717) is 22.9 Å². The molecule has 0 amide bonds. The predicted octanol–water partition coefficient (Wildman–Crippen LogP) is 14.5. The van der Waals surface area contributed by atoms with Crippen molar-refractivity contribution in [1.82, 2.24) is 14.0 Å².